The van der Waals surface area contributed by atoms with Crippen LogP contribution in [0.15, 0.2) is 12.3 Å². The lowest BCUT2D eigenvalue weighted by atomic mass is 10.1. The molecule has 0 bridgehead atoms. The molecule has 0 radical (unpaired) electrons. The van der Waals surface area contributed by atoms with Crippen molar-refractivity contribution in [3.05, 3.63) is 12.3 Å². The quantitative estimate of drug-likeness (QED) is 0.543. The monoisotopic (exact) mass is 188 g/mol. The Labute approximate surface area is 78.0 Å². The fraction of sp³-hybridized carbons (Fsp3) is 0.778. The summed E-state index contributed by atoms with van der Waals surface area (Å²) in [4.78, 5) is 4.26. The minimum absolute atomic E-state index is 0.0846. The van der Waals surface area contributed by atoms with Gasteiger partial charge in [-0.2, -0.15) is 0 Å². The molecule has 4 nitrogen and oxygen atoms in total. The summed E-state index contributed by atoms with van der Waals surface area (Å²) in [6.07, 6.45) is 2.20. The van der Waals surface area contributed by atoms with Crippen LogP contribution in [0.25, 0.3) is 0 Å². The molecule has 1 aliphatic rings. The van der Waals surface area contributed by atoms with Crippen molar-refractivity contribution in [3.63, 3.8) is 0 Å². The molecule has 0 aromatic carbocycles. The fourth-order valence-corrected chi connectivity index (χ4v) is 1.36. The smallest absolute Gasteiger partial charge is 0.188 e. The third-order valence-corrected chi connectivity index (χ3v) is 2.12. The molecular weight excluding hydrogens is 172 g/mol. The van der Waals surface area contributed by atoms with Gasteiger partial charge in [0.15, 0.2) is 12.9 Å². The molecule has 0 aromatic heterocycles. The maximum Gasteiger partial charge on any atom is 0.188 e. The van der Waals surface area contributed by atoms with Gasteiger partial charge >= 0.3 is 0 Å². The van der Waals surface area contributed by atoms with Gasteiger partial charge in [-0.05, 0) is 6.42 Å². The van der Waals surface area contributed by atoms with E-state index in [1.807, 2.05) is 0 Å². The van der Waals surface area contributed by atoms with Gasteiger partial charge in [-0.15, -0.1) is 0 Å². The van der Waals surface area contributed by atoms with Crippen LogP contribution in [0.4, 0.5) is 0 Å². The van der Waals surface area contributed by atoms with Gasteiger partial charge in [0, 0.05) is 6.42 Å². The summed E-state index contributed by atoms with van der Waals surface area (Å²) in [5, 5.41) is 8.58. The van der Waals surface area contributed by atoms with E-state index in [1.165, 1.54) is 0 Å². The molecule has 1 fully saturated rings. The highest BCUT2D eigenvalue weighted by atomic mass is 17.1. The van der Waals surface area contributed by atoms with Crippen molar-refractivity contribution >= 4 is 0 Å². The molecular formula is C9H16O4. The van der Waals surface area contributed by atoms with Gasteiger partial charge < -0.3 is 9.47 Å². The molecule has 1 heterocycles. The first-order chi connectivity index (χ1) is 6.27. The molecule has 0 amide bonds. The van der Waals surface area contributed by atoms with E-state index in [0.717, 1.165) is 12.8 Å². The lowest BCUT2D eigenvalue weighted by Gasteiger charge is -2.15. The second-order valence-electron chi connectivity index (χ2n) is 3.14. The topological polar surface area (TPSA) is 47.9 Å². The predicted octanol–water partition coefficient (Wildman–Crippen LogP) is 1.92. The fourth-order valence-electron chi connectivity index (χ4n) is 1.36. The predicted molar refractivity (Wildman–Crippen MR) is 47.0 cm³/mol. The maximum atomic E-state index is 8.58. The van der Waals surface area contributed by atoms with Gasteiger partial charge in [0.1, 0.15) is 5.76 Å². The minimum Gasteiger partial charge on any atom is -0.470 e. The highest BCUT2D eigenvalue weighted by molar-refractivity contribution is 4.94. The van der Waals surface area contributed by atoms with Crippen LogP contribution in [0.5, 0.6) is 0 Å². The molecule has 0 saturated carbocycles. The van der Waals surface area contributed by atoms with Crippen molar-refractivity contribution in [3.8, 4) is 0 Å². The molecule has 4 heteroatoms. The average Bonchev–Trinajstić information content (AvgIpc) is 2.29. The molecule has 1 N–H and O–H groups in total. The van der Waals surface area contributed by atoms with E-state index in [2.05, 4.69) is 18.4 Å². The van der Waals surface area contributed by atoms with Crippen LogP contribution in [-0.2, 0) is 14.4 Å². The van der Waals surface area contributed by atoms with Crippen LogP contribution >= 0.6 is 0 Å². The summed E-state index contributed by atoms with van der Waals surface area (Å²) < 4.78 is 10.5. The maximum absolute atomic E-state index is 8.58. The van der Waals surface area contributed by atoms with Gasteiger partial charge in [0.25, 0.3) is 0 Å². The van der Waals surface area contributed by atoms with E-state index in [9.17, 15) is 0 Å². The van der Waals surface area contributed by atoms with Crippen LogP contribution in [-0.4, -0.2) is 24.3 Å². The van der Waals surface area contributed by atoms with Gasteiger partial charge in [-0.1, -0.05) is 19.9 Å². The van der Waals surface area contributed by atoms with Crippen molar-refractivity contribution < 1.29 is 19.6 Å². The van der Waals surface area contributed by atoms with Crippen molar-refractivity contribution in [2.75, 3.05) is 6.79 Å². The highest BCUT2D eigenvalue weighted by Gasteiger charge is 2.24. The standard InChI is InChI=1S/C9H16O4/c1-3-4-8-5-9(13-10)7(2)11-6-12-8/h8-10H,2-6H2,1H3. The third-order valence-electron chi connectivity index (χ3n) is 2.12. The summed E-state index contributed by atoms with van der Waals surface area (Å²) in [6.45, 7) is 5.91. The largest absolute Gasteiger partial charge is 0.470 e. The first-order valence-corrected chi connectivity index (χ1v) is 4.51. The number of hydrogen-bond donors (Lipinski definition) is 1. The molecule has 0 spiro atoms. The average molecular weight is 188 g/mol. The van der Waals surface area contributed by atoms with Crippen molar-refractivity contribution in [2.45, 2.75) is 38.4 Å². The van der Waals surface area contributed by atoms with Crippen molar-refractivity contribution in [2.24, 2.45) is 0 Å². The van der Waals surface area contributed by atoms with Gasteiger partial charge in [-0.3, -0.25) is 5.26 Å². The van der Waals surface area contributed by atoms with E-state index in [1.54, 1.807) is 0 Å². The Bertz CT molecular complexity index is 169. The SMILES string of the molecule is C=C1OCOC(CCC)CC1OO. The Morgan fingerprint density at radius 2 is 2.46 bits per heavy atom. The number of rotatable bonds is 3. The molecule has 13 heavy (non-hydrogen) atoms. The molecule has 0 aliphatic carbocycles. The molecule has 0 aromatic rings. The van der Waals surface area contributed by atoms with Gasteiger partial charge in [0.2, 0.25) is 0 Å². The zero-order valence-corrected chi connectivity index (χ0v) is 7.86. The van der Waals surface area contributed by atoms with Gasteiger partial charge in [-0.25, -0.2) is 4.89 Å². The Morgan fingerprint density at radius 1 is 1.69 bits per heavy atom. The summed E-state index contributed by atoms with van der Waals surface area (Å²) in [5.41, 5.74) is 0. The van der Waals surface area contributed by atoms with Crippen LogP contribution in [0.3, 0.4) is 0 Å². The Hall–Kier alpha value is -0.580. The number of hydrogen-bond acceptors (Lipinski definition) is 4. The first-order valence-electron chi connectivity index (χ1n) is 4.51. The second-order valence-corrected chi connectivity index (χ2v) is 3.14. The molecule has 76 valence electrons. The van der Waals surface area contributed by atoms with E-state index >= 15 is 0 Å². The van der Waals surface area contributed by atoms with E-state index in [-0.39, 0.29) is 12.9 Å². The van der Waals surface area contributed by atoms with Crippen molar-refractivity contribution in [1.82, 2.24) is 0 Å². The normalized spacial score (nSPS) is 29.5. The summed E-state index contributed by atoms with van der Waals surface area (Å²) in [6, 6.07) is 0. The zero-order chi connectivity index (χ0) is 9.68. The first kappa shape index (κ1) is 10.5. The van der Waals surface area contributed by atoms with Gasteiger partial charge in [0.05, 0.1) is 6.10 Å². The lowest BCUT2D eigenvalue weighted by molar-refractivity contribution is -0.276. The molecule has 1 aliphatic heterocycles. The molecule has 1 saturated heterocycles. The summed E-state index contributed by atoms with van der Waals surface area (Å²) in [7, 11) is 0. The molecule has 1 rings (SSSR count). The second kappa shape index (κ2) is 5.21. The summed E-state index contributed by atoms with van der Waals surface area (Å²) >= 11 is 0. The summed E-state index contributed by atoms with van der Waals surface area (Å²) in [5.74, 6) is 0.432. The lowest BCUT2D eigenvalue weighted by Crippen LogP contribution is -2.20. The van der Waals surface area contributed by atoms with Crippen LogP contribution in [0.2, 0.25) is 0 Å². The number of ether oxygens (including phenoxy) is 2. The third kappa shape index (κ3) is 2.99. The Balaban J connectivity index is 2.48. The minimum atomic E-state index is -0.459. The van der Waals surface area contributed by atoms with Crippen LogP contribution in [0.1, 0.15) is 26.2 Å². The highest BCUT2D eigenvalue weighted by Crippen LogP contribution is 2.20. The van der Waals surface area contributed by atoms with E-state index in [4.69, 9.17) is 14.7 Å². The Kier molecular flexibility index (Phi) is 4.21. The molecule has 2 atom stereocenters. The van der Waals surface area contributed by atoms with Crippen LogP contribution < -0.4 is 0 Å². The van der Waals surface area contributed by atoms with Crippen LogP contribution in [0, 0.1) is 0 Å². The molecule has 2 unspecified atom stereocenters. The zero-order valence-electron chi connectivity index (χ0n) is 7.86. The Morgan fingerprint density at radius 3 is 3.08 bits per heavy atom. The van der Waals surface area contributed by atoms with E-state index in [0.29, 0.717) is 12.2 Å². The van der Waals surface area contributed by atoms with Crippen molar-refractivity contribution in [1.29, 1.82) is 0 Å². The van der Waals surface area contributed by atoms with E-state index < -0.39 is 6.10 Å².